The molecule has 0 bridgehead atoms. The molecule has 0 spiro atoms. The molecule has 0 fully saturated rings. The van der Waals surface area contributed by atoms with Crippen molar-refractivity contribution in [1.29, 1.82) is 0 Å². The molecule has 2 aromatic rings. The first kappa shape index (κ1) is 15.9. The fourth-order valence-electron chi connectivity index (χ4n) is 1.84. The van der Waals surface area contributed by atoms with Crippen molar-refractivity contribution in [1.82, 2.24) is 0 Å². The maximum absolute atomic E-state index is 13.4. The molecule has 0 aliphatic heterocycles. The van der Waals surface area contributed by atoms with Crippen LogP contribution in [-0.4, -0.2) is 4.92 Å². The van der Waals surface area contributed by atoms with Crippen LogP contribution < -0.4 is 5.32 Å². The quantitative estimate of drug-likeness (QED) is 0.550. The molecule has 0 heterocycles. The smallest absolute Gasteiger partial charge is 0.283 e. The molecule has 0 aromatic heterocycles. The van der Waals surface area contributed by atoms with Gasteiger partial charge >= 0.3 is 0 Å². The maximum Gasteiger partial charge on any atom is 0.283 e. The minimum Gasteiger partial charge on any atom is -0.381 e. The van der Waals surface area contributed by atoms with E-state index < -0.39 is 4.92 Å². The molecule has 0 radical (unpaired) electrons. The van der Waals surface area contributed by atoms with Crippen LogP contribution in [-0.2, 0) is 6.54 Å². The van der Waals surface area contributed by atoms with Gasteiger partial charge in [-0.1, -0.05) is 6.07 Å². The molecule has 110 valence electrons. The Morgan fingerprint density at radius 1 is 1.24 bits per heavy atom. The summed E-state index contributed by atoms with van der Waals surface area (Å²) < 4.78 is 14.2. The molecule has 4 nitrogen and oxygen atoms in total. The molecule has 0 saturated carbocycles. The van der Waals surface area contributed by atoms with Crippen molar-refractivity contribution < 1.29 is 9.31 Å². The predicted octanol–water partition coefficient (Wildman–Crippen LogP) is 5.18. The lowest BCUT2D eigenvalue weighted by Crippen LogP contribution is -2.02. The van der Waals surface area contributed by atoms with Crippen LogP contribution in [0, 0.1) is 22.9 Å². The molecular formula is C14H11Br2FN2O2. The van der Waals surface area contributed by atoms with Gasteiger partial charge in [-0.3, -0.25) is 10.1 Å². The second-order valence-electron chi connectivity index (χ2n) is 4.48. The number of benzene rings is 2. The Kier molecular flexibility index (Phi) is 4.95. The largest absolute Gasteiger partial charge is 0.381 e. The molecule has 0 unspecified atom stereocenters. The highest BCUT2D eigenvalue weighted by molar-refractivity contribution is 9.10. The van der Waals surface area contributed by atoms with Gasteiger partial charge in [0, 0.05) is 18.3 Å². The van der Waals surface area contributed by atoms with Gasteiger partial charge in [0.1, 0.15) is 5.82 Å². The molecule has 0 saturated heterocycles. The lowest BCUT2D eigenvalue weighted by molar-refractivity contribution is -0.385. The summed E-state index contributed by atoms with van der Waals surface area (Å²) in [6.07, 6.45) is 0. The monoisotopic (exact) mass is 416 g/mol. The molecule has 0 atom stereocenters. The Labute approximate surface area is 137 Å². The second kappa shape index (κ2) is 6.53. The summed E-state index contributed by atoms with van der Waals surface area (Å²) in [5, 5.41) is 14.0. The number of hydrogen-bond donors (Lipinski definition) is 1. The lowest BCUT2D eigenvalue weighted by Gasteiger charge is -2.11. The van der Waals surface area contributed by atoms with E-state index in [-0.39, 0.29) is 11.5 Å². The summed E-state index contributed by atoms with van der Waals surface area (Å²) >= 11 is 6.28. The van der Waals surface area contributed by atoms with E-state index in [2.05, 4.69) is 37.2 Å². The van der Waals surface area contributed by atoms with Crippen LogP contribution in [0.3, 0.4) is 0 Å². The number of aryl methyl sites for hydroxylation is 1. The highest BCUT2D eigenvalue weighted by Crippen LogP contribution is 2.27. The molecule has 0 aliphatic rings. The first-order chi connectivity index (χ1) is 9.88. The van der Waals surface area contributed by atoms with Crippen LogP contribution in [0.1, 0.15) is 11.1 Å². The van der Waals surface area contributed by atoms with Crippen molar-refractivity contribution in [3.8, 4) is 0 Å². The standard InChI is InChI=1S/C14H11Br2FN2O2/c1-8-4-12(17)11(16)6-13(8)18-7-9-2-3-10(15)14(5-9)19(20)21/h2-6,18H,7H2,1H3. The molecule has 2 rings (SSSR count). The number of anilines is 1. The maximum atomic E-state index is 13.4. The zero-order valence-corrected chi connectivity index (χ0v) is 14.2. The fraction of sp³-hybridized carbons (Fsp3) is 0.143. The van der Waals surface area contributed by atoms with E-state index in [1.54, 1.807) is 25.1 Å². The number of halogens is 3. The van der Waals surface area contributed by atoms with E-state index in [4.69, 9.17) is 0 Å². The summed E-state index contributed by atoms with van der Waals surface area (Å²) in [5.74, 6) is -0.322. The van der Waals surface area contributed by atoms with Crippen LogP contribution in [0.2, 0.25) is 0 Å². The van der Waals surface area contributed by atoms with Gasteiger partial charge in [-0.25, -0.2) is 4.39 Å². The van der Waals surface area contributed by atoms with Crippen molar-refractivity contribution in [2.75, 3.05) is 5.32 Å². The van der Waals surface area contributed by atoms with Gasteiger partial charge in [0.05, 0.1) is 13.9 Å². The lowest BCUT2D eigenvalue weighted by atomic mass is 10.1. The zero-order valence-electron chi connectivity index (χ0n) is 11.0. The summed E-state index contributed by atoms with van der Waals surface area (Å²) in [5.41, 5.74) is 2.33. The van der Waals surface area contributed by atoms with Gasteiger partial charge in [0.2, 0.25) is 0 Å². The van der Waals surface area contributed by atoms with Gasteiger partial charge in [-0.05, 0) is 68.1 Å². The van der Waals surface area contributed by atoms with E-state index in [1.165, 1.54) is 12.1 Å². The van der Waals surface area contributed by atoms with E-state index in [1.807, 2.05) is 0 Å². The second-order valence-corrected chi connectivity index (χ2v) is 6.19. The van der Waals surface area contributed by atoms with Gasteiger partial charge in [-0.2, -0.15) is 0 Å². The minimum absolute atomic E-state index is 0.0197. The summed E-state index contributed by atoms with van der Waals surface area (Å²) in [6, 6.07) is 8.01. The molecule has 7 heteroatoms. The Hall–Kier alpha value is -1.47. The van der Waals surface area contributed by atoms with Crippen molar-refractivity contribution in [2.45, 2.75) is 13.5 Å². The normalized spacial score (nSPS) is 10.5. The first-order valence-electron chi connectivity index (χ1n) is 6.01. The highest BCUT2D eigenvalue weighted by Gasteiger charge is 2.12. The predicted molar refractivity (Wildman–Crippen MR) is 87.0 cm³/mol. The number of nitro benzene ring substituents is 1. The zero-order chi connectivity index (χ0) is 15.6. The topological polar surface area (TPSA) is 55.2 Å². The van der Waals surface area contributed by atoms with Gasteiger partial charge in [0.15, 0.2) is 0 Å². The molecule has 2 aromatic carbocycles. The van der Waals surface area contributed by atoms with E-state index >= 15 is 0 Å². The van der Waals surface area contributed by atoms with Crippen LogP contribution in [0.4, 0.5) is 15.8 Å². The van der Waals surface area contributed by atoms with Crippen molar-refractivity contribution >= 4 is 43.2 Å². The number of nitrogens with one attached hydrogen (secondary N) is 1. The number of nitrogens with zero attached hydrogens (tertiary/aromatic N) is 1. The third-order valence-electron chi connectivity index (χ3n) is 2.96. The summed E-state index contributed by atoms with van der Waals surface area (Å²) in [4.78, 5) is 10.5. The van der Waals surface area contributed by atoms with Crippen molar-refractivity contribution in [3.63, 3.8) is 0 Å². The minimum atomic E-state index is -0.437. The van der Waals surface area contributed by atoms with E-state index in [0.29, 0.717) is 15.5 Å². The van der Waals surface area contributed by atoms with Gasteiger partial charge in [-0.15, -0.1) is 0 Å². The van der Waals surface area contributed by atoms with Crippen LogP contribution in [0.25, 0.3) is 0 Å². The SMILES string of the molecule is Cc1cc(F)c(Br)cc1NCc1ccc(Br)c([N+](=O)[O-])c1. The van der Waals surface area contributed by atoms with E-state index in [9.17, 15) is 14.5 Å². The third kappa shape index (κ3) is 3.79. The Balaban J connectivity index is 2.19. The average Bonchev–Trinajstić information content (AvgIpc) is 2.42. The van der Waals surface area contributed by atoms with Crippen molar-refractivity contribution in [2.24, 2.45) is 0 Å². The number of rotatable bonds is 4. The summed E-state index contributed by atoms with van der Waals surface area (Å²) in [6.45, 7) is 2.20. The molecule has 21 heavy (non-hydrogen) atoms. The average molecular weight is 418 g/mol. The third-order valence-corrected chi connectivity index (χ3v) is 4.24. The van der Waals surface area contributed by atoms with Crippen LogP contribution in [0.15, 0.2) is 39.3 Å². The molecule has 1 N–H and O–H groups in total. The van der Waals surface area contributed by atoms with Crippen LogP contribution >= 0.6 is 31.9 Å². The molecule has 0 aliphatic carbocycles. The molecular weight excluding hydrogens is 407 g/mol. The number of hydrogen-bond acceptors (Lipinski definition) is 3. The fourth-order valence-corrected chi connectivity index (χ4v) is 2.58. The van der Waals surface area contributed by atoms with Gasteiger partial charge in [0.25, 0.3) is 5.69 Å². The van der Waals surface area contributed by atoms with E-state index in [0.717, 1.165) is 16.8 Å². The number of nitro groups is 1. The Morgan fingerprint density at radius 3 is 2.62 bits per heavy atom. The Morgan fingerprint density at radius 2 is 1.95 bits per heavy atom. The van der Waals surface area contributed by atoms with Crippen molar-refractivity contribution in [3.05, 3.63) is 66.3 Å². The summed E-state index contributed by atoms with van der Waals surface area (Å²) in [7, 11) is 0. The van der Waals surface area contributed by atoms with Crippen LogP contribution in [0.5, 0.6) is 0 Å². The Bertz CT molecular complexity index is 708. The van der Waals surface area contributed by atoms with Gasteiger partial charge < -0.3 is 5.32 Å². The highest BCUT2D eigenvalue weighted by atomic mass is 79.9. The first-order valence-corrected chi connectivity index (χ1v) is 7.59. The molecule has 0 amide bonds.